The first-order valence-corrected chi connectivity index (χ1v) is 11.7. The first kappa shape index (κ1) is 22.9. The lowest BCUT2D eigenvalue weighted by atomic mass is 9.95. The highest BCUT2D eigenvalue weighted by Crippen LogP contribution is 2.38. The number of hydrogen-bond donors (Lipinski definition) is 2. The number of hydrogen-bond acceptors (Lipinski definition) is 6. The summed E-state index contributed by atoms with van der Waals surface area (Å²) in [6, 6.07) is 8.92. The quantitative estimate of drug-likeness (QED) is 0.521. The molecule has 2 aromatic heterocycles. The Hall–Kier alpha value is -3.30. The molecule has 4 rings (SSSR count). The molecule has 0 atom stereocenters. The van der Waals surface area contributed by atoms with E-state index >= 15 is 0 Å². The molecule has 0 radical (unpaired) electrons. The summed E-state index contributed by atoms with van der Waals surface area (Å²) >= 11 is 1.40. The molecular weight excluding hydrogens is 440 g/mol. The van der Waals surface area contributed by atoms with Gasteiger partial charge in [0.05, 0.1) is 17.9 Å². The number of aryl methyl sites for hydroxylation is 2. The molecule has 2 heterocycles. The zero-order valence-corrected chi connectivity index (χ0v) is 19.5. The van der Waals surface area contributed by atoms with E-state index in [4.69, 9.17) is 4.74 Å². The van der Waals surface area contributed by atoms with E-state index in [0.29, 0.717) is 23.7 Å². The molecule has 0 fully saturated rings. The Bertz CT molecular complexity index is 1250. The van der Waals surface area contributed by atoms with Crippen molar-refractivity contribution in [3.05, 3.63) is 74.0 Å². The van der Waals surface area contributed by atoms with Crippen LogP contribution in [0.3, 0.4) is 0 Å². The topological polar surface area (TPSA) is 102 Å². The molecule has 0 spiro atoms. The Morgan fingerprint density at radius 1 is 1.18 bits per heavy atom. The largest absolute Gasteiger partial charge is 0.383 e. The van der Waals surface area contributed by atoms with Gasteiger partial charge in [-0.2, -0.15) is 5.10 Å². The SMILES string of the molecule is COCCNC(=O)c1c(NC(=O)c2nn(-c3cccc(C)c3)ccc2=O)sc2c1CCCC2. The van der Waals surface area contributed by atoms with Crippen molar-refractivity contribution < 1.29 is 14.3 Å². The van der Waals surface area contributed by atoms with Crippen molar-refractivity contribution in [3.8, 4) is 5.69 Å². The fourth-order valence-corrected chi connectivity index (χ4v) is 5.17. The van der Waals surface area contributed by atoms with E-state index in [1.54, 1.807) is 7.11 Å². The Morgan fingerprint density at radius 3 is 2.79 bits per heavy atom. The van der Waals surface area contributed by atoms with Gasteiger partial charge in [0.25, 0.3) is 11.8 Å². The summed E-state index contributed by atoms with van der Waals surface area (Å²) in [5.41, 5.74) is 2.53. The number of nitrogens with zero attached hydrogens (tertiary/aromatic N) is 2. The Balaban J connectivity index is 1.65. The molecule has 2 N–H and O–H groups in total. The summed E-state index contributed by atoms with van der Waals surface area (Å²) in [6.45, 7) is 2.72. The third-order valence-corrected chi connectivity index (χ3v) is 6.71. The maximum atomic E-state index is 13.1. The molecule has 3 aromatic rings. The van der Waals surface area contributed by atoms with E-state index in [0.717, 1.165) is 47.4 Å². The number of nitrogens with one attached hydrogen (secondary N) is 2. The first-order chi connectivity index (χ1) is 16.0. The number of ether oxygens (including phenoxy) is 1. The van der Waals surface area contributed by atoms with E-state index in [-0.39, 0.29) is 11.6 Å². The highest BCUT2D eigenvalue weighted by atomic mass is 32.1. The van der Waals surface area contributed by atoms with E-state index in [9.17, 15) is 14.4 Å². The number of carbonyl (C=O) groups is 2. The number of fused-ring (bicyclic) bond motifs is 1. The predicted molar refractivity (Wildman–Crippen MR) is 128 cm³/mol. The van der Waals surface area contributed by atoms with E-state index in [1.165, 1.54) is 28.3 Å². The molecule has 1 aliphatic rings. The average molecular weight is 467 g/mol. The zero-order chi connectivity index (χ0) is 23.4. The Morgan fingerprint density at radius 2 is 2.00 bits per heavy atom. The van der Waals surface area contributed by atoms with Crippen molar-refractivity contribution in [2.75, 3.05) is 25.6 Å². The number of carbonyl (C=O) groups excluding carboxylic acids is 2. The van der Waals surface area contributed by atoms with Crippen LogP contribution in [0.15, 0.2) is 41.3 Å². The van der Waals surface area contributed by atoms with Crippen LogP contribution in [0.25, 0.3) is 5.69 Å². The number of methoxy groups -OCH3 is 1. The van der Waals surface area contributed by atoms with Gasteiger partial charge in [-0.25, -0.2) is 4.68 Å². The van der Waals surface area contributed by atoms with Gasteiger partial charge in [0, 0.05) is 30.8 Å². The molecular formula is C24H26N4O4S. The molecule has 0 aliphatic heterocycles. The molecule has 0 bridgehead atoms. The third kappa shape index (κ3) is 5.04. The van der Waals surface area contributed by atoms with Crippen LogP contribution in [-0.2, 0) is 17.6 Å². The molecule has 8 nitrogen and oxygen atoms in total. The van der Waals surface area contributed by atoms with E-state index < -0.39 is 11.3 Å². The normalized spacial score (nSPS) is 12.8. The van der Waals surface area contributed by atoms with Crippen molar-refractivity contribution >= 4 is 28.2 Å². The maximum absolute atomic E-state index is 13.1. The average Bonchev–Trinajstić information content (AvgIpc) is 3.17. The van der Waals surface area contributed by atoms with Gasteiger partial charge in [0.15, 0.2) is 5.69 Å². The molecule has 0 saturated heterocycles. The Kier molecular flexibility index (Phi) is 7.00. The molecule has 0 unspecified atom stereocenters. The van der Waals surface area contributed by atoms with Crippen molar-refractivity contribution in [2.45, 2.75) is 32.6 Å². The van der Waals surface area contributed by atoms with Gasteiger partial charge < -0.3 is 15.4 Å². The number of anilines is 1. The van der Waals surface area contributed by atoms with Crippen molar-refractivity contribution in [1.29, 1.82) is 0 Å². The first-order valence-electron chi connectivity index (χ1n) is 10.9. The molecule has 9 heteroatoms. The monoisotopic (exact) mass is 466 g/mol. The maximum Gasteiger partial charge on any atom is 0.280 e. The second-order valence-electron chi connectivity index (χ2n) is 7.93. The molecule has 1 aromatic carbocycles. The standard InChI is InChI=1S/C24H26N4O4S/c1-15-6-5-7-16(14-15)28-12-10-18(29)21(27-28)23(31)26-24-20(22(30)25-11-13-32-2)17-8-3-4-9-19(17)33-24/h5-7,10,12,14H,3-4,8-9,11,13H2,1-2H3,(H,25,30)(H,26,31). The van der Waals surface area contributed by atoms with Gasteiger partial charge in [-0.15, -0.1) is 11.3 Å². The van der Waals surface area contributed by atoms with E-state index in [2.05, 4.69) is 15.7 Å². The van der Waals surface area contributed by atoms with Gasteiger partial charge in [-0.1, -0.05) is 12.1 Å². The Labute approximate surface area is 195 Å². The fraction of sp³-hybridized carbons (Fsp3) is 0.333. The van der Waals surface area contributed by atoms with Crippen molar-refractivity contribution in [3.63, 3.8) is 0 Å². The second kappa shape index (κ2) is 10.1. The summed E-state index contributed by atoms with van der Waals surface area (Å²) < 4.78 is 6.52. The van der Waals surface area contributed by atoms with Gasteiger partial charge in [-0.3, -0.25) is 14.4 Å². The number of benzene rings is 1. The lowest BCUT2D eigenvalue weighted by Gasteiger charge is -2.13. The summed E-state index contributed by atoms with van der Waals surface area (Å²) in [5.74, 6) is -0.883. The van der Waals surface area contributed by atoms with Crippen LogP contribution in [0.1, 0.15) is 49.7 Å². The number of thiophene rings is 1. The predicted octanol–water partition coefficient (Wildman–Crippen LogP) is 3.11. The van der Waals surface area contributed by atoms with Crippen LogP contribution in [0.2, 0.25) is 0 Å². The zero-order valence-electron chi connectivity index (χ0n) is 18.6. The van der Waals surface area contributed by atoms with Crippen LogP contribution in [0, 0.1) is 6.92 Å². The summed E-state index contributed by atoms with van der Waals surface area (Å²) in [6.07, 6.45) is 5.24. The van der Waals surface area contributed by atoms with Gasteiger partial charge >= 0.3 is 0 Å². The lowest BCUT2D eigenvalue weighted by Crippen LogP contribution is -2.29. The molecule has 0 saturated carbocycles. The molecule has 172 valence electrons. The van der Waals surface area contributed by atoms with Crippen LogP contribution >= 0.6 is 11.3 Å². The second-order valence-corrected chi connectivity index (χ2v) is 9.04. The minimum Gasteiger partial charge on any atom is -0.383 e. The summed E-state index contributed by atoms with van der Waals surface area (Å²) in [4.78, 5) is 39.6. The van der Waals surface area contributed by atoms with Gasteiger partial charge in [0.1, 0.15) is 5.00 Å². The third-order valence-electron chi connectivity index (χ3n) is 5.51. The number of aromatic nitrogens is 2. The minimum absolute atomic E-state index is 0.226. The highest BCUT2D eigenvalue weighted by molar-refractivity contribution is 7.17. The lowest BCUT2D eigenvalue weighted by molar-refractivity contribution is 0.0937. The van der Waals surface area contributed by atoms with Gasteiger partial charge in [-0.05, 0) is 55.9 Å². The summed E-state index contributed by atoms with van der Waals surface area (Å²) in [5, 5.41) is 10.4. The summed E-state index contributed by atoms with van der Waals surface area (Å²) in [7, 11) is 1.57. The van der Waals surface area contributed by atoms with Crippen molar-refractivity contribution in [1.82, 2.24) is 15.1 Å². The van der Waals surface area contributed by atoms with Crippen LogP contribution in [-0.4, -0.2) is 41.9 Å². The molecule has 1 aliphatic carbocycles. The molecule has 2 amide bonds. The highest BCUT2D eigenvalue weighted by Gasteiger charge is 2.27. The van der Waals surface area contributed by atoms with Crippen molar-refractivity contribution in [2.24, 2.45) is 0 Å². The molecule has 33 heavy (non-hydrogen) atoms. The van der Waals surface area contributed by atoms with E-state index in [1.807, 2.05) is 31.2 Å². The fourth-order valence-electron chi connectivity index (χ4n) is 3.89. The minimum atomic E-state index is -0.633. The number of amides is 2. The smallest absolute Gasteiger partial charge is 0.280 e. The van der Waals surface area contributed by atoms with Gasteiger partial charge in [0.2, 0.25) is 5.43 Å². The van der Waals surface area contributed by atoms with Crippen LogP contribution in [0.4, 0.5) is 5.00 Å². The van der Waals surface area contributed by atoms with Crippen LogP contribution < -0.4 is 16.1 Å². The number of rotatable bonds is 7. The van der Waals surface area contributed by atoms with Crippen LogP contribution in [0.5, 0.6) is 0 Å².